The van der Waals surface area contributed by atoms with Crippen molar-refractivity contribution in [3.05, 3.63) is 53.6 Å². The van der Waals surface area contributed by atoms with Crippen molar-refractivity contribution in [1.82, 2.24) is 0 Å². The first kappa shape index (κ1) is 21.0. The highest BCUT2D eigenvalue weighted by molar-refractivity contribution is 5.95. The van der Waals surface area contributed by atoms with Gasteiger partial charge in [-0.15, -0.1) is 0 Å². The standard InChI is InChI=1S/C21H24N2O5/c1-14-7-6-8-15(2)21(14)23-19(25)13-28-20(26)12-11-18(24)22-16-9-4-5-10-17(16)27-3/h4-10H,11-13H2,1-3H3,(H,22,24)(H,23,25). The second-order valence-corrected chi connectivity index (χ2v) is 6.22. The number of rotatable bonds is 8. The summed E-state index contributed by atoms with van der Waals surface area (Å²) in [6, 6.07) is 12.6. The summed E-state index contributed by atoms with van der Waals surface area (Å²) in [5, 5.41) is 5.41. The maximum absolute atomic E-state index is 12.0. The van der Waals surface area contributed by atoms with E-state index in [2.05, 4.69) is 10.6 Å². The van der Waals surface area contributed by atoms with Gasteiger partial charge in [-0.3, -0.25) is 14.4 Å². The monoisotopic (exact) mass is 384 g/mol. The van der Waals surface area contributed by atoms with E-state index >= 15 is 0 Å². The molecular weight excluding hydrogens is 360 g/mol. The Morgan fingerprint density at radius 3 is 2.21 bits per heavy atom. The van der Waals surface area contributed by atoms with E-state index in [4.69, 9.17) is 9.47 Å². The van der Waals surface area contributed by atoms with Crippen molar-refractivity contribution in [3.63, 3.8) is 0 Å². The fourth-order valence-corrected chi connectivity index (χ4v) is 2.58. The van der Waals surface area contributed by atoms with Gasteiger partial charge in [-0.2, -0.15) is 0 Å². The number of hydrogen-bond donors (Lipinski definition) is 2. The molecule has 7 nitrogen and oxygen atoms in total. The molecular formula is C21H24N2O5. The van der Waals surface area contributed by atoms with Crippen molar-refractivity contribution >= 4 is 29.2 Å². The van der Waals surface area contributed by atoms with Crippen molar-refractivity contribution in [2.24, 2.45) is 0 Å². The van der Waals surface area contributed by atoms with Gasteiger partial charge in [0.15, 0.2) is 6.61 Å². The van der Waals surface area contributed by atoms with Crippen molar-refractivity contribution < 1.29 is 23.9 Å². The SMILES string of the molecule is COc1ccccc1NC(=O)CCC(=O)OCC(=O)Nc1c(C)cccc1C. The van der Waals surface area contributed by atoms with Crippen LogP contribution in [-0.2, 0) is 19.1 Å². The molecule has 28 heavy (non-hydrogen) atoms. The first-order chi connectivity index (χ1) is 13.4. The molecule has 2 aromatic rings. The Bertz CT molecular complexity index is 843. The summed E-state index contributed by atoms with van der Waals surface area (Å²) in [7, 11) is 1.51. The van der Waals surface area contributed by atoms with E-state index in [0.717, 1.165) is 11.1 Å². The maximum atomic E-state index is 12.0. The van der Waals surface area contributed by atoms with E-state index in [1.807, 2.05) is 32.0 Å². The molecule has 0 unspecified atom stereocenters. The smallest absolute Gasteiger partial charge is 0.306 e. The maximum Gasteiger partial charge on any atom is 0.306 e. The Morgan fingerprint density at radius 2 is 1.54 bits per heavy atom. The predicted molar refractivity (Wildman–Crippen MR) is 106 cm³/mol. The number of nitrogens with one attached hydrogen (secondary N) is 2. The Balaban J connectivity index is 1.75. The first-order valence-corrected chi connectivity index (χ1v) is 8.85. The molecule has 2 aromatic carbocycles. The minimum atomic E-state index is -0.619. The highest BCUT2D eigenvalue weighted by atomic mass is 16.5. The molecule has 2 N–H and O–H groups in total. The Labute approximate surface area is 164 Å². The fraction of sp³-hybridized carbons (Fsp3) is 0.286. The van der Waals surface area contributed by atoms with Gasteiger partial charge in [0.05, 0.1) is 19.2 Å². The van der Waals surface area contributed by atoms with Gasteiger partial charge < -0.3 is 20.1 Å². The minimum Gasteiger partial charge on any atom is -0.495 e. The van der Waals surface area contributed by atoms with Crippen LogP contribution in [0, 0.1) is 13.8 Å². The molecule has 0 radical (unpaired) electrons. The summed E-state index contributed by atoms with van der Waals surface area (Å²) in [5.74, 6) is -0.862. The van der Waals surface area contributed by atoms with E-state index in [-0.39, 0.29) is 18.7 Å². The Kier molecular flexibility index (Phi) is 7.56. The molecule has 7 heteroatoms. The second-order valence-electron chi connectivity index (χ2n) is 6.22. The van der Waals surface area contributed by atoms with Gasteiger partial charge in [0.25, 0.3) is 5.91 Å². The van der Waals surface area contributed by atoms with Crippen molar-refractivity contribution in [2.45, 2.75) is 26.7 Å². The zero-order valence-corrected chi connectivity index (χ0v) is 16.2. The van der Waals surface area contributed by atoms with Crippen LogP contribution < -0.4 is 15.4 Å². The number of esters is 1. The normalized spacial score (nSPS) is 10.1. The summed E-state index contributed by atoms with van der Waals surface area (Å²) in [4.78, 5) is 35.8. The van der Waals surface area contributed by atoms with Gasteiger partial charge >= 0.3 is 5.97 Å². The van der Waals surface area contributed by atoms with Gasteiger partial charge in [-0.05, 0) is 37.1 Å². The minimum absolute atomic E-state index is 0.0601. The number of anilines is 2. The molecule has 0 bridgehead atoms. The van der Waals surface area contributed by atoms with E-state index in [9.17, 15) is 14.4 Å². The van der Waals surface area contributed by atoms with Crippen LogP contribution in [0.2, 0.25) is 0 Å². The molecule has 0 spiro atoms. The van der Waals surface area contributed by atoms with Gasteiger partial charge in [-0.25, -0.2) is 0 Å². The van der Waals surface area contributed by atoms with Crippen LogP contribution in [0.5, 0.6) is 5.75 Å². The summed E-state index contributed by atoms with van der Waals surface area (Å²) >= 11 is 0. The topological polar surface area (TPSA) is 93.7 Å². The van der Waals surface area contributed by atoms with Crippen molar-refractivity contribution in [3.8, 4) is 5.75 Å². The van der Waals surface area contributed by atoms with E-state index < -0.39 is 18.5 Å². The molecule has 2 rings (SSSR count). The van der Waals surface area contributed by atoms with Crippen LogP contribution in [0.25, 0.3) is 0 Å². The van der Waals surface area contributed by atoms with Crippen LogP contribution in [0.1, 0.15) is 24.0 Å². The van der Waals surface area contributed by atoms with Gasteiger partial charge in [0.2, 0.25) is 5.91 Å². The molecule has 0 fully saturated rings. The van der Waals surface area contributed by atoms with Crippen molar-refractivity contribution in [2.75, 3.05) is 24.4 Å². The molecule has 0 heterocycles. The van der Waals surface area contributed by atoms with Gasteiger partial charge in [0, 0.05) is 12.1 Å². The molecule has 2 amide bonds. The largest absolute Gasteiger partial charge is 0.495 e. The number of benzene rings is 2. The molecule has 148 valence electrons. The van der Waals surface area contributed by atoms with Crippen LogP contribution in [0.4, 0.5) is 11.4 Å². The fourth-order valence-electron chi connectivity index (χ4n) is 2.58. The zero-order valence-electron chi connectivity index (χ0n) is 16.2. The molecule has 0 aliphatic carbocycles. The van der Waals surface area contributed by atoms with Crippen LogP contribution >= 0.6 is 0 Å². The highest BCUT2D eigenvalue weighted by Crippen LogP contribution is 2.23. The molecule has 0 saturated carbocycles. The van der Waals surface area contributed by atoms with Crippen LogP contribution in [-0.4, -0.2) is 31.5 Å². The number of carbonyl (C=O) groups excluding carboxylic acids is 3. The highest BCUT2D eigenvalue weighted by Gasteiger charge is 2.13. The summed E-state index contributed by atoms with van der Waals surface area (Å²) in [5.41, 5.74) is 3.08. The summed E-state index contributed by atoms with van der Waals surface area (Å²) < 4.78 is 10.1. The molecule has 0 aromatic heterocycles. The number of carbonyl (C=O) groups is 3. The van der Waals surface area contributed by atoms with E-state index in [0.29, 0.717) is 17.1 Å². The lowest BCUT2D eigenvalue weighted by molar-refractivity contribution is -0.147. The van der Waals surface area contributed by atoms with Crippen LogP contribution in [0.3, 0.4) is 0 Å². The molecule has 0 aliphatic rings. The number of hydrogen-bond acceptors (Lipinski definition) is 5. The lowest BCUT2D eigenvalue weighted by atomic mass is 10.1. The predicted octanol–water partition coefficient (Wildman–Crippen LogP) is 3.21. The lowest BCUT2D eigenvalue weighted by Crippen LogP contribution is -2.22. The average molecular weight is 384 g/mol. The summed E-state index contributed by atoms with van der Waals surface area (Å²) in [6.07, 6.45) is -0.187. The average Bonchev–Trinajstić information content (AvgIpc) is 2.68. The molecule has 0 aliphatic heterocycles. The van der Waals surface area contributed by atoms with E-state index in [1.54, 1.807) is 24.3 Å². The number of amides is 2. The number of para-hydroxylation sites is 3. The number of ether oxygens (including phenoxy) is 2. The first-order valence-electron chi connectivity index (χ1n) is 8.85. The lowest BCUT2D eigenvalue weighted by Gasteiger charge is -2.12. The summed E-state index contributed by atoms with van der Waals surface area (Å²) in [6.45, 7) is 3.37. The van der Waals surface area contributed by atoms with Gasteiger partial charge in [-0.1, -0.05) is 30.3 Å². The van der Waals surface area contributed by atoms with E-state index in [1.165, 1.54) is 7.11 Å². The van der Waals surface area contributed by atoms with Gasteiger partial charge in [0.1, 0.15) is 5.75 Å². The second kappa shape index (κ2) is 10.1. The third kappa shape index (κ3) is 6.12. The third-order valence-electron chi connectivity index (χ3n) is 4.05. The Hall–Kier alpha value is -3.35. The number of methoxy groups -OCH3 is 1. The van der Waals surface area contributed by atoms with Crippen molar-refractivity contribution in [1.29, 1.82) is 0 Å². The number of aryl methyl sites for hydroxylation is 2. The molecule has 0 saturated heterocycles. The Morgan fingerprint density at radius 1 is 0.857 bits per heavy atom. The molecule has 0 atom stereocenters. The zero-order chi connectivity index (χ0) is 20.5. The quantitative estimate of drug-likeness (QED) is 0.682. The van der Waals surface area contributed by atoms with Crippen LogP contribution in [0.15, 0.2) is 42.5 Å². The third-order valence-corrected chi connectivity index (χ3v) is 4.05.